The molecule has 3 aromatic rings. The number of hydrogen-bond acceptors (Lipinski definition) is 3. The van der Waals surface area contributed by atoms with Gasteiger partial charge in [0, 0.05) is 37.3 Å². The molecular formula is C24H26N4O2. The van der Waals surface area contributed by atoms with Crippen LogP contribution in [0, 0.1) is 5.92 Å². The first-order valence-corrected chi connectivity index (χ1v) is 10.4. The summed E-state index contributed by atoms with van der Waals surface area (Å²) in [4.78, 5) is 26.9. The number of aryl methyl sites for hydroxylation is 1. The van der Waals surface area contributed by atoms with Gasteiger partial charge in [-0.3, -0.25) is 9.59 Å². The van der Waals surface area contributed by atoms with E-state index in [2.05, 4.69) is 10.4 Å². The van der Waals surface area contributed by atoms with Crippen molar-refractivity contribution in [2.24, 2.45) is 5.92 Å². The maximum absolute atomic E-state index is 12.6. The van der Waals surface area contributed by atoms with Gasteiger partial charge in [0.1, 0.15) is 0 Å². The molecule has 2 aromatic carbocycles. The smallest absolute Gasteiger partial charge is 0.227 e. The molecule has 2 heterocycles. The number of anilines is 1. The number of para-hydroxylation sites is 2. The van der Waals surface area contributed by atoms with E-state index in [9.17, 15) is 9.59 Å². The van der Waals surface area contributed by atoms with Crippen molar-refractivity contribution in [1.82, 2.24) is 14.7 Å². The van der Waals surface area contributed by atoms with Crippen LogP contribution in [0.2, 0.25) is 0 Å². The van der Waals surface area contributed by atoms with Crippen LogP contribution in [0.25, 0.3) is 5.69 Å². The Balaban J connectivity index is 1.23. The maximum Gasteiger partial charge on any atom is 0.227 e. The second kappa shape index (κ2) is 9.39. The molecule has 6 heteroatoms. The van der Waals surface area contributed by atoms with Gasteiger partial charge in [-0.1, -0.05) is 36.4 Å². The molecule has 2 amide bonds. The molecule has 4 rings (SSSR count). The third-order valence-corrected chi connectivity index (χ3v) is 5.54. The summed E-state index contributed by atoms with van der Waals surface area (Å²) in [6, 6.07) is 19.4. The van der Waals surface area contributed by atoms with Crippen LogP contribution in [0.1, 0.15) is 24.8 Å². The second-order valence-corrected chi connectivity index (χ2v) is 7.64. The molecular weight excluding hydrogens is 376 g/mol. The van der Waals surface area contributed by atoms with Crippen LogP contribution in [0.15, 0.2) is 73.1 Å². The van der Waals surface area contributed by atoms with E-state index in [1.807, 2.05) is 82.6 Å². The highest BCUT2D eigenvalue weighted by molar-refractivity contribution is 5.92. The van der Waals surface area contributed by atoms with E-state index in [1.165, 1.54) is 0 Å². The lowest BCUT2D eigenvalue weighted by Crippen LogP contribution is -2.41. The molecule has 0 aliphatic carbocycles. The SMILES string of the molecule is O=C(Nc1ccccc1)C1CCN(C(=O)CCc2cnn(-c3ccccc3)c2)CC1. The van der Waals surface area contributed by atoms with E-state index < -0.39 is 0 Å². The Morgan fingerprint density at radius 1 is 0.967 bits per heavy atom. The van der Waals surface area contributed by atoms with Crippen molar-refractivity contribution in [3.05, 3.63) is 78.6 Å². The van der Waals surface area contributed by atoms with Crippen molar-refractivity contribution in [2.75, 3.05) is 18.4 Å². The summed E-state index contributed by atoms with van der Waals surface area (Å²) in [5.41, 5.74) is 2.87. The standard InChI is InChI=1S/C24H26N4O2/c29-23(12-11-19-17-25-28(18-19)22-9-5-2-6-10-22)27-15-13-20(14-16-27)24(30)26-21-7-3-1-4-8-21/h1-10,17-18,20H,11-16H2,(H,26,30). The number of hydrogen-bond donors (Lipinski definition) is 1. The fourth-order valence-electron chi connectivity index (χ4n) is 3.78. The van der Waals surface area contributed by atoms with Gasteiger partial charge >= 0.3 is 0 Å². The van der Waals surface area contributed by atoms with Crippen molar-refractivity contribution in [2.45, 2.75) is 25.7 Å². The third kappa shape index (κ3) is 4.95. The van der Waals surface area contributed by atoms with Crippen LogP contribution >= 0.6 is 0 Å². The number of amides is 2. The Kier molecular flexibility index (Phi) is 6.23. The average Bonchev–Trinajstić information content (AvgIpc) is 3.28. The quantitative estimate of drug-likeness (QED) is 0.684. The summed E-state index contributed by atoms with van der Waals surface area (Å²) in [5, 5.41) is 7.35. The van der Waals surface area contributed by atoms with Gasteiger partial charge in [-0.25, -0.2) is 4.68 Å². The molecule has 1 saturated heterocycles. The van der Waals surface area contributed by atoms with Crippen LogP contribution in [-0.4, -0.2) is 39.6 Å². The molecule has 1 aliphatic rings. The first-order valence-electron chi connectivity index (χ1n) is 10.4. The molecule has 0 bridgehead atoms. The summed E-state index contributed by atoms with van der Waals surface area (Å²) in [6.07, 6.45) is 6.33. The molecule has 154 valence electrons. The number of rotatable bonds is 6. The highest BCUT2D eigenvalue weighted by Crippen LogP contribution is 2.20. The van der Waals surface area contributed by atoms with E-state index in [1.54, 1.807) is 0 Å². The molecule has 1 aliphatic heterocycles. The van der Waals surface area contributed by atoms with Gasteiger partial charge in [-0.05, 0) is 49.1 Å². The van der Waals surface area contributed by atoms with E-state index in [0.29, 0.717) is 38.8 Å². The Labute approximate surface area is 176 Å². The number of piperidine rings is 1. The molecule has 0 saturated carbocycles. The summed E-state index contributed by atoms with van der Waals surface area (Å²) in [5.74, 6) is 0.143. The van der Waals surface area contributed by atoms with Gasteiger partial charge in [-0.15, -0.1) is 0 Å². The molecule has 0 radical (unpaired) electrons. The largest absolute Gasteiger partial charge is 0.343 e. The average molecular weight is 402 g/mol. The monoisotopic (exact) mass is 402 g/mol. The zero-order valence-corrected chi connectivity index (χ0v) is 16.9. The highest BCUT2D eigenvalue weighted by atomic mass is 16.2. The van der Waals surface area contributed by atoms with Crippen LogP contribution < -0.4 is 5.32 Å². The lowest BCUT2D eigenvalue weighted by atomic mass is 9.95. The molecule has 1 fully saturated rings. The number of nitrogens with one attached hydrogen (secondary N) is 1. The topological polar surface area (TPSA) is 67.2 Å². The first kappa shape index (κ1) is 19.9. The molecule has 1 aromatic heterocycles. The fourth-order valence-corrected chi connectivity index (χ4v) is 3.78. The lowest BCUT2D eigenvalue weighted by molar-refractivity contribution is -0.134. The Bertz CT molecular complexity index is 977. The van der Waals surface area contributed by atoms with Gasteiger partial charge < -0.3 is 10.2 Å². The lowest BCUT2D eigenvalue weighted by Gasteiger charge is -2.31. The summed E-state index contributed by atoms with van der Waals surface area (Å²) < 4.78 is 1.83. The number of likely N-dealkylation sites (tertiary alicyclic amines) is 1. The van der Waals surface area contributed by atoms with Crippen LogP contribution in [0.4, 0.5) is 5.69 Å². The molecule has 30 heavy (non-hydrogen) atoms. The van der Waals surface area contributed by atoms with Crippen molar-refractivity contribution < 1.29 is 9.59 Å². The molecule has 0 atom stereocenters. The van der Waals surface area contributed by atoms with Gasteiger partial charge in [0.2, 0.25) is 11.8 Å². The summed E-state index contributed by atoms with van der Waals surface area (Å²) in [6.45, 7) is 1.27. The van der Waals surface area contributed by atoms with Crippen LogP contribution in [-0.2, 0) is 16.0 Å². The van der Waals surface area contributed by atoms with Crippen molar-refractivity contribution in [1.29, 1.82) is 0 Å². The Hall–Kier alpha value is -3.41. The predicted octanol–water partition coefficient (Wildman–Crippen LogP) is 3.68. The Morgan fingerprint density at radius 3 is 2.33 bits per heavy atom. The molecule has 0 spiro atoms. The second-order valence-electron chi connectivity index (χ2n) is 7.64. The van der Waals surface area contributed by atoms with Gasteiger partial charge in [-0.2, -0.15) is 5.10 Å². The number of nitrogens with zero attached hydrogens (tertiary/aromatic N) is 3. The summed E-state index contributed by atoms with van der Waals surface area (Å²) in [7, 11) is 0. The minimum Gasteiger partial charge on any atom is -0.343 e. The van der Waals surface area contributed by atoms with Gasteiger partial charge in [0.05, 0.1) is 11.9 Å². The molecule has 6 nitrogen and oxygen atoms in total. The number of carbonyl (C=O) groups is 2. The zero-order valence-electron chi connectivity index (χ0n) is 16.9. The molecule has 1 N–H and O–H groups in total. The van der Waals surface area contributed by atoms with E-state index in [0.717, 1.165) is 16.9 Å². The third-order valence-electron chi connectivity index (χ3n) is 5.54. The molecule has 0 unspecified atom stereocenters. The minimum atomic E-state index is -0.0432. The number of benzene rings is 2. The van der Waals surface area contributed by atoms with Gasteiger partial charge in [0.15, 0.2) is 0 Å². The number of carbonyl (C=O) groups excluding carboxylic acids is 2. The normalized spacial score (nSPS) is 14.5. The van der Waals surface area contributed by atoms with Crippen LogP contribution in [0.5, 0.6) is 0 Å². The van der Waals surface area contributed by atoms with E-state index in [4.69, 9.17) is 0 Å². The van der Waals surface area contributed by atoms with Gasteiger partial charge in [0.25, 0.3) is 0 Å². The van der Waals surface area contributed by atoms with Crippen molar-refractivity contribution >= 4 is 17.5 Å². The predicted molar refractivity (Wildman–Crippen MR) is 116 cm³/mol. The number of aromatic nitrogens is 2. The zero-order chi connectivity index (χ0) is 20.8. The Morgan fingerprint density at radius 2 is 1.63 bits per heavy atom. The summed E-state index contributed by atoms with van der Waals surface area (Å²) >= 11 is 0. The van der Waals surface area contributed by atoms with Crippen LogP contribution in [0.3, 0.4) is 0 Å². The fraction of sp³-hybridized carbons (Fsp3) is 0.292. The van der Waals surface area contributed by atoms with Crippen molar-refractivity contribution in [3.63, 3.8) is 0 Å². The van der Waals surface area contributed by atoms with E-state index in [-0.39, 0.29) is 17.7 Å². The van der Waals surface area contributed by atoms with Crippen molar-refractivity contribution in [3.8, 4) is 5.69 Å². The highest BCUT2D eigenvalue weighted by Gasteiger charge is 2.27. The maximum atomic E-state index is 12.6. The minimum absolute atomic E-state index is 0.0432. The van der Waals surface area contributed by atoms with E-state index >= 15 is 0 Å². The first-order chi connectivity index (χ1) is 14.7.